The van der Waals surface area contributed by atoms with Gasteiger partial charge in [-0.15, -0.1) is 0 Å². The van der Waals surface area contributed by atoms with Gasteiger partial charge in [0.05, 0.1) is 5.56 Å². The molecule has 1 amide bonds. The molecule has 0 atom stereocenters. The topological polar surface area (TPSA) is 42.0 Å². The zero-order valence-electron chi connectivity index (χ0n) is 9.08. The van der Waals surface area contributed by atoms with Crippen LogP contribution in [0.3, 0.4) is 0 Å². The molecule has 0 spiro atoms. The molecule has 0 radical (unpaired) electrons. The summed E-state index contributed by atoms with van der Waals surface area (Å²) in [6, 6.07) is 1.40. The van der Waals surface area contributed by atoms with Crippen molar-refractivity contribution in [2.45, 2.75) is 38.1 Å². The second kappa shape index (κ2) is 5.05. The standard InChI is InChI=1S/C12H15FN2O/c13-11-6-7-14-8-10(11)12(16)15-9-4-2-1-3-5-9/h6-9H,1-5H2,(H,15,16). The van der Waals surface area contributed by atoms with Crippen LogP contribution in [0.25, 0.3) is 0 Å². The van der Waals surface area contributed by atoms with E-state index in [0.29, 0.717) is 0 Å². The van der Waals surface area contributed by atoms with Crippen molar-refractivity contribution in [2.24, 2.45) is 0 Å². The number of hydrogen-bond donors (Lipinski definition) is 1. The lowest BCUT2D eigenvalue weighted by molar-refractivity contribution is 0.0923. The average molecular weight is 222 g/mol. The Labute approximate surface area is 94.1 Å². The molecule has 1 aromatic rings. The van der Waals surface area contributed by atoms with Gasteiger partial charge < -0.3 is 5.32 Å². The Morgan fingerprint density at radius 1 is 1.38 bits per heavy atom. The first kappa shape index (κ1) is 11.0. The Hall–Kier alpha value is -1.45. The number of rotatable bonds is 2. The summed E-state index contributed by atoms with van der Waals surface area (Å²) in [6.45, 7) is 0. The first-order valence-electron chi connectivity index (χ1n) is 5.68. The van der Waals surface area contributed by atoms with Crippen molar-refractivity contribution in [3.63, 3.8) is 0 Å². The molecule has 1 aliphatic rings. The van der Waals surface area contributed by atoms with Crippen molar-refractivity contribution in [3.05, 3.63) is 29.8 Å². The molecular weight excluding hydrogens is 207 g/mol. The second-order valence-electron chi connectivity index (χ2n) is 4.16. The summed E-state index contributed by atoms with van der Waals surface area (Å²) in [5, 5.41) is 2.86. The molecule has 0 bridgehead atoms. The van der Waals surface area contributed by atoms with E-state index in [1.165, 1.54) is 24.9 Å². The fraction of sp³-hybridized carbons (Fsp3) is 0.500. The molecule has 1 fully saturated rings. The summed E-state index contributed by atoms with van der Waals surface area (Å²) in [6.07, 6.45) is 8.11. The van der Waals surface area contributed by atoms with E-state index in [9.17, 15) is 9.18 Å². The molecule has 1 heterocycles. The van der Waals surface area contributed by atoms with Crippen molar-refractivity contribution in [3.8, 4) is 0 Å². The van der Waals surface area contributed by atoms with Crippen molar-refractivity contribution in [1.29, 1.82) is 0 Å². The van der Waals surface area contributed by atoms with Gasteiger partial charge in [0.15, 0.2) is 0 Å². The number of aromatic nitrogens is 1. The van der Waals surface area contributed by atoms with Gasteiger partial charge in [0.25, 0.3) is 5.91 Å². The Morgan fingerprint density at radius 2 is 2.12 bits per heavy atom. The molecule has 1 N–H and O–H groups in total. The number of nitrogens with zero attached hydrogens (tertiary/aromatic N) is 1. The van der Waals surface area contributed by atoms with Gasteiger partial charge in [-0.25, -0.2) is 4.39 Å². The lowest BCUT2D eigenvalue weighted by atomic mass is 9.95. The van der Waals surface area contributed by atoms with Crippen molar-refractivity contribution in [1.82, 2.24) is 10.3 Å². The Kier molecular flexibility index (Phi) is 3.49. The van der Waals surface area contributed by atoms with E-state index >= 15 is 0 Å². The molecule has 0 saturated heterocycles. The number of carbonyl (C=O) groups excluding carboxylic acids is 1. The first-order chi connectivity index (χ1) is 7.77. The lowest BCUT2D eigenvalue weighted by Crippen LogP contribution is -2.36. The molecule has 4 heteroatoms. The van der Waals surface area contributed by atoms with Crippen LogP contribution in [0, 0.1) is 5.82 Å². The minimum atomic E-state index is -0.511. The molecule has 1 aromatic heterocycles. The fourth-order valence-corrected chi connectivity index (χ4v) is 2.05. The second-order valence-corrected chi connectivity index (χ2v) is 4.16. The van der Waals surface area contributed by atoms with E-state index in [4.69, 9.17) is 0 Å². The predicted octanol–water partition coefficient (Wildman–Crippen LogP) is 2.28. The van der Waals surface area contributed by atoms with Gasteiger partial charge in [0.2, 0.25) is 0 Å². The highest BCUT2D eigenvalue weighted by molar-refractivity contribution is 5.94. The largest absolute Gasteiger partial charge is 0.349 e. The SMILES string of the molecule is O=C(NC1CCCCC1)c1cnccc1F. The van der Waals surface area contributed by atoms with E-state index in [-0.39, 0.29) is 17.5 Å². The van der Waals surface area contributed by atoms with Crippen LogP contribution in [0.5, 0.6) is 0 Å². The Bertz CT molecular complexity index is 375. The van der Waals surface area contributed by atoms with Crippen LogP contribution in [0.15, 0.2) is 18.5 Å². The van der Waals surface area contributed by atoms with E-state index < -0.39 is 5.82 Å². The van der Waals surface area contributed by atoms with Crippen molar-refractivity contribution in [2.75, 3.05) is 0 Å². The molecule has 0 aromatic carbocycles. The maximum atomic E-state index is 13.3. The highest BCUT2D eigenvalue weighted by Gasteiger charge is 2.18. The number of pyridine rings is 1. The maximum Gasteiger partial charge on any atom is 0.256 e. The quantitative estimate of drug-likeness (QED) is 0.834. The highest BCUT2D eigenvalue weighted by Crippen LogP contribution is 2.18. The molecule has 86 valence electrons. The third-order valence-corrected chi connectivity index (χ3v) is 2.95. The minimum absolute atomic E-state index is 0.0353. The molecule has 16 heavy (non-hydrogen) atoms. The first-order valence-corrected chi connectivity index (χ1v) is 5.68. The molecule has 2 rings (SSSR count). The van der Waals surface area contributed by atoms with Crippen LogP contribution in [0.2, 0.25) is 0 Å². The van der Waals surface area contributed by atoms with E-state index in [2.05, 4.69) is 10.3 Å². The summed E-state index contributed by atoms with van der Waals surface area (Å²) in [5.74, 6) is -0.860. The monoisotopic (exact) mass is 222 g/mol. The summed E-state index contributed by atoms with van der Waals surface area (Å²) < 4.78 is 13.3. The van der Waals surface area contributed by atoms with Gasteiger partial charge in [0, 0.05) is 18.4 Å². The summed E-state index contributed by atoms with van der Waals surface area (Å²) in [5.41, 5.74) is 0.0353. The van der Waals surface area contributed by atoms with Crippen molar-refractivity contribution >= 4 is 5.91 Å². The van der Waals surface area contributed by atoms with E-state index in [1.54, 1.807) is 0 Å². The average Bonchev–Trinajstić information content (AvgIpc) is 2.31. The highest BCUT2D eigenvalue weighted by atomic mass is 19.1. The summed E-state index contributed by atoms with van der Waals surface area (Å²) in [7, 11) is 0. The van der Waals surface area contributed by atoms with Crippen LogP contribution >= 0.6 is 0 Å². The molecular formula is C12H15FN2O. The number of nitrogens with one attached hydrogen (secondary N) is 1. The predicted molar refractivity (Wildman–Crippen MR) is 58.5 cm³/mol. The zero-order valence-corrected chi connectivity index (χ0v) is 9.08. The van der Waals surface area contributed by atoms with Gasteiger partial charge in [-0.3, -0.25) is 9.78 Å². The Balaban J connectivity index is 2.00. The molecule has 0 aliphatic heterocycles. The summed E-state index contributed by atoms with van der Waals surface area (Å²) >= 11 is 0. The molecule has 0 unspecified atom stereocenters. The van der Waals surface area contributed by atoms with Crippen LogP contribution in [0.1, 0.15) is 42.5 Å². The van der Waals surface area contributed by atoms with Gasteiger partial charge >= 0.3 is 0 Å². The number of amides is 1. The lowest BCUT2D eigenvalue weighted by Gasteiger charge is -2.22. The molecule has 1 saturated carbocycles. The van der Waals surface area contributed by atoms with Crippen LogP contribution in [-0.4, -0.2) is 16.9 Å². The number of carbonyl (C=O) groups is 1. The number of halogens is 1. The minimum Gasteiger partial charge on any atom is -0.349 e. The Morgan fingerprint density at radius 3 is 2.81 bits per heavy atom. The van der Waals surface area contributed by atoms with Gasteiger partial charge in [0.1, 0.15) is 5.82 Å². The van der Waals surface area contributed by atoms with Crippen molar-refractivity contribution < 1.29 is 9.18 Å². The maximum absolute atomic E-state index is 13.3. The normalized spacial score (nSPS) is 17.1. The third kappa shape index (κ3) is 2.56. The van der Waals surface area contributed by atoms with Crippen LogP contribution in [0.4, 0.5) is 4.39 Å². The van der Waals surface area contributed by atoms with Gasteiger partial charge in [-0.1, -0.05) is 19.3 Å². The van der Waals surface area contributed by atoms with E-state index in [0.717, 1.165) is 25.7 Å². The fourth-order valence-electron chi connectivity index (χ4n) is 2.05. The van der Waals surface area contributed by atoms with E-state index in [1.807, 2.05) is 0 Å². The van der Waals surface area contributed by atoms with Crippen LogP contribution < -0.4 is 5.32 Å². The van der Waals surface area contributed by atoms with Crippen LogP contribution in [-0.2, 0) is 0 Å². The molecule has 1 aliphatic carbocycles. The van der Waals surface area contributed by atoms with Gasteiger partial charge in [-0.2, -0.15) is 0 Å². The smallest absolute Gasteiger partial charge is 0.256 e. The molecule has 3 nitrogen and oxygen atoms in total. The van der Waals surface area contributed by atoms with Gasteiger partial charge in [-0.05, 0) is 18.9 Å². The number of hydrogen-bond acceptors (Lipinski definition) is 2. The third-order valence-electron chi connectivity index (χ3n) is 2.95. The summed E-state index contributed by atoms with van der Waals surface area (Å²) in [4.78, 5) is 15.5. The zero-order chi connectivity index (χ0) is 11.4.